The fourth-order valence-corrected chi connectivity index (χ4v) is 3.82. The molecule has 6 heteroatoms. The van der Waals surface area contributed by atoms with E-state index in [1.807, 2.05) is 16.1 Å². The molecule has 0 aliphatic carbocycles. The molecule has 0 atom stereocenters. The second kappa shape index (κ2) is 5.24. The number of carbonyl (C=O) groups is 1. The normalized spacial score (nSPS) is 10.6. The first-order valence-electron chi connectivity index (χ1n) is 5.58. The molecular weight excluding hydrogens is 296 g/mol. The standard InChI is InChI=1S/C13H10N2OS3/c1-8-2-3-11(19-8)10-7-18-13(14-10)15-12(16)9-4-5-17-6-9/h2-7H,1H3,(H,14,15,16). The predicted molar refractivity (Wildman–Crippen MR) is 82.4 cm³/mol. The summed E-state index contributed by atoms with van der Waals surface area (Å²) in [7, 11) is 0. The lowest BCUT2D eigenvalue weighted by Crippen LogP contribution is -2.10. The number of amides is 1. The highest BCUT2D eigenvalue weighted by molar-refractivity contribution is 7.17. The highest BCUT2D eigenvalue weighted by atomic mass is 32.1. The molecule has 3 nitrogen and oxygen atoms in total. The molecule has 96 valence electrons. The molecule has 0 aliphatic rings. The zero-order chi connectivity index (χ0) is 13.2. The van der Waals surface area contributed by atoms with Gasteiger partial charge in [-0.05, 0) is 30.5 Å². The molecule has 0 unspecified atom stereocenters. The van der Waals surface area contributed by atoms with Crippen molar-refractivity contribution in [1.29, 1.82) is 0 Å². The second-order valence-corrected chi connectivity index (χ2v) is 6.84. The van der Waals surface area contributed by atoms with Crippen molar-refractivity contribution in [3.05, 3.63) is 44.8 Å². The van der Waals surface area contributed by atoms with Crippen LogP contribution < -0.4 is 5.32 Å². The zero-order valence-corrected chi connectivity index (χ0v) is 12.5. The van der Waals surface area contributed by atoms with Gasteiger partial charge in [0.25, 0.3) is 5.91 Å². The van der Waals surface area contributed by atoms with E-state index in [9.17, 15) is 4.79 Å². The summed E-state index contributed by atoms with van der Waals surface area (Å²) in [6.45, 7) is 2.07. The Balaban J connectivity index is 1.77. The van der Waals surface area contributed by atoms with Crippen LogP contribution in [0, 0.1) is 6.92 Å². The molecule has 3 heterocycles. The van der Waals surface area contributed by atoms with E-state index in [-0.39, 0.29) is 5.91 Å². The number of anilines is 1. The Hall–Kier alpha value is -1.50. The van der Waals surface area contributed by atoms with Gasteiger partial charge in [0.1, 0.15) is 0 Å². The van der Waals surface area contributed by atoms with Crippen molar-refractivity contribution in [3.8, 4) is 10.6 Å². The van der Waals surface area contributed by atoms with Crippen molar-refractivity contribution in [2.45, 2.75) is 6.92 Å². The highest BCUT2D eigenvalue weighted by Crippen LogP contribution is 2.30. The fourth-order valence-electron chi connectivity index (χ4n) is 1.58. The first kappa shape index (κ1) is 12.5. The van der Waals surface area contributed by atoms with Gasteiger partial charge in [-0.3, -0.25) is 10.1 Å². The Bertz CT molecular complexity index is 697. The molecule has 3 rings (SSSR count). The molecule has 0 aliphatic heterocycles. The number of carbonyl (C=O) groups excluding carboxylic acids is 1. The number of hydrogen-bond acceptors (Lipinski definition) is 5. The molecule has 19 heavy (non-hydrogen) atoms. The predicted octanol–water partition coefficient (Wildman–Crippen LogP) is 4.49. The summed E-state index contributed by atoms with van der Waals surface area (Å²) in [6.07, 6.45) is 0. The second-order valence-electron chi connectivity index (χ2n) is 3.91. The van der Waals surface area contributed by atoms with E-state index in [0.717, 1.165) is 10.6 Å². The minimum absolute atomic E-state index is 0.107. The maximum atomic E-state index is 11.9. The number of thiazole rings is 1. The summed E-state index contributed by atoms with van der Waals surface area (Å²) in [5, 5.41) is 9.14. The van der Waals surface area contributed by atoms with Gasteiger partial charge in [0, 0.05) is 15.6 Å². The number of nitrogens with zero attached hydrogens (tertiary/aromatic N) is 1. The van der Waals surface area contributed by atoms with Crippen LogP contribution in [-0.4, -0.2) is 10.9 Å². The number of aryl methyl sites for hydroxylation is 1. The Morgan fingerprint density at radius 1 is 1.26 bits per heavy atom. The lowest BCUT2D eigenvalue weighted by molar-refractivity contribution is 0.102. The highest BCUT2D eigenvalue weighted by Gasteiger charge is 2.10. The quantitative estimate of drug-likeness (QED) is 0.774. The molecule has 0 radical (unpaired) electrons. The van der Waals surface area contributed by atoms with Crippen LogP contribution >= 0.6 is 34.0 Å². The summed E-state index contributed by atoms with van der Waals surface area (Å²) in [6, 6.07) is 5.93. The first-order chi connectivity index (χ1) is 9.22. The monoisotopic (exact) mass is 306 g/mol. The van der Waals surface area contributed by atoms with Crippen LogP contribution in [-0.2, 0) is 0 Å². The minimum atomic E-state index is -0.107. The van der Waals surface area contributed by atoms with E-state index in [1.54, 1.807) is 17.4 Å². The van der Waals surface area contributed by atoms with Gasteiger partial charge in [-0.25, -0.2) is 4.98 Å². The topological polar surface area (TPSA) is 42.0 Å². The maximum absolute atomic E-state index is 11.9. The van der Waals surface area contributed by atoms with Crippen LogP contribution in [0.25, 0.3) is 10.6 Å². The van der Waals surface area contributed by atoms with E-state index in [4.69, 9.17) is 0 Å². The van der Waals surface area contributed by atoms with Crippen molar-refractivity contribution < 1.29 is 4.79 Å². The van der Waals surface area contributed by atoms with Crippen LogP contribution in [0.1, 0.15) is 15.2 Å². The summed E-state index contributed by atoms with van der Waals surface area (Å²) in [4.78, 5) is 18.7. The van der Waals surface area contributed by atoms with Crippen molar-refractivity contribution in [1.82, 2.24) is 4.98 Å². The SMILES string of the molecule is Cc1ccc(-c2csc(NC(=O)c3ccsc3)n2)s1. The maximum Gasteiger partial charge on any atom is 0.258 e. The van der Waals surface area contributed by atoms with E-state index >= 15 is 0 Å². The van der Waals surface area contributed by atoms with E-state index < -0.39 is 0 Å². The Morgan fingerprint density at radius 3 is 2.84 bits per heavy atom. The van der Waals surface area contributed by atoms with Gasteiger partial charge in [-0.2, -0.15) is 11.3 Å². The first-order valence-corrected chi connectivity index (χ1v) is 8.22. The van der Waals surface area contributed by atoms with E-state index in [2.05, 4.69) is 29.4 Å². The number of thiophene rings is 2. The molecule has 1 amide bonds. The van der Waals surface area contributed by atoms with Crippen molar-refractivity contribution >= 4 is 45.0 Å². The van der Waals surface area contributed by atoms with E-state index in [0.29, 0.717) is 10.7 Å². The van der Waals surface area contributed by atoms with Gasteiger partial charge >= 0.3 is 0 Å². The summed E-state index contributed by atoms with van der Waals surface area (Å²) in [5.74, 6) is -0.107. The molecule has 0 spiro atoms. The third-order valence-corrected chi connectivity index (χ3v) is 4.96. The smallest absolute Gasteiger partial charge is 0.258 e. The lowest BCUT2D eigenvalue weighted by atomic mass is 10.3. The third-order valence-electron chi connectivity index (χ3n) is 2.50. The molecule has 0 bridgehead atoms. The van der Waals surface area contributed by atoms with Gasteiger partial charge in [0.05, 0.1) is 16.1 Å². The average molecular weight is 306 g/mol. The molecule has 0 saturated heterocycles. The number of aromatic nitrogens is 1. The van der Waals surface area contributed by atoms with Crippen molar-refractivity contribution in [2.24, 2.45) is 0 Å². The van der Waals surface area contributed by atoms with Crippen LogP contribution in [0.2, 0.25) is 0 Å². The third kappa shape index (κ3) is 2.75. The number of rotatable bonds is 3. The molecular formula is C13H10N2OS3. The lowest BCUT2D eigenvalue weighted by Gasteiger charge is -1.97. The van der Waals surface area contributed by atoms with Gasteiger partial charge < -0.3 is 0 Å². The van der Waals surface area contributed by atoms with Crippen LogP contribution in [0.5, 0.6) is 0 Å². The van der Waals surface area contributed by atoms with E-state index in [1.165, 1.54) is 27.6 Å². The average Bonchev–Trinajstić information content (AvgIpc) is 3.07. The summed E-state index contributed by atoms with van der Waals surface area (Å²) in [5.41, 5.74) is 1.59. The molecule has 0 saturated carbocycles. The largest absolute Gasteiger partial charge is 0.298 e. The van der Waals surface area contributed by atoms with Crippen molar-refractivity contribution in [2.75, 3.05) is 5.32 Å². The Kier molecular flexibility index (Phi) is 3.46. The number of hydrogen-bond donors (Lipinski definition) is 1. The summed E-state index contributed by atoms with van der Waals surface area (Å²) < 4.78 is 0. The Labute approximate surface area is 122 Å². The van der Waals surface area contributed by atoms with Gasteiger partial charge in [0.15, 0.2) is 5.13 Å². The summed E-state index contributed by atoms with van der Waals surface area (Å²) >= 11 is 4.66. The van der Waals surface area contributed by atoms with Gasteiger partial charge in [-0.1, -0.05) is 0 Å². The van der Waals surface area contributed by atoms with Gasteiger partial charge in [-0.15, -0.1) is 22.7 Å². The molecule has 3 aromatic heterocycles. The molecule has 3 aromatic rings. The van der Waals surface area contributed by atoms with Crippen molar-refractivity contribution in [3.63, 3.8) is 0 Å². The zero-order valence-electron chi connectivity index (χ0n) is 10.0. The van der Waals surface area contributed by atoms with Crippen LogP contribution in [0.4, 0.5) is 5.13 Å². The number of nitrogens with one attached hydrogen (secondary N) is 1. The minimum Gasteiger partial charge on any atom is -0.298 e. The van der Waals surface area contributed by atoms with Gasteiger partial charge in [0.2, 0.25) is 0 Å². The fraction of sp³-hybridized carbons (Fsp3) is 0.0769. The Morgan fingerprint density at radius 2 is 2.16 bits per heavy atom. The van der Waals surface area contributed by atoms with Crippen LogP contribution in [0.15, 0.2) is 34.3 Å². The molecule has 1 N–H and O–H groups in total. The molecule has 0 fully saturated rings. The molecule has 0 aromatic carbocycles. The van der Waals surface area contributed by atoms with Crippen LogP contribution in [0.3, 0.4) is 0 Å².